The molecule has 154 valence electrons. The predicted octanol–water partition coefficient (Wildman–Crippen LogP) is 3.73. The minimum atomic E-state index is 0. The predicted molar refractivity (Wildman–Crippen MR) is 128 cm³/mol. The van der Waals surface area contributed by atoms with Crippen LogP contribution in [0.4, 0.5) is 0 Å². The van der Waals surface area contributed by atoms with Crippen LogP contribution >= 0.6 is 24.0 Å². The fourth-order valence-electron chi connectivity index (χ4n) is 3.58. The molecule has 4 rings (SSSR count). The number of nitrogens with zero attached hydrogens (tertiary/aromatic N) is 4. The number of guanidine groups is 1. The Labute approximate surface area is 189 Å². The number of aromatic nitrogens is 2. The lowest BCUT2D eigenvalue weighted by molar-refractivity contribution is -0.00805. The topological polar surface area (TPSA) is 54.7 Å². The first kappa shape index (κ1) is 21.6. The van der Waals surface area contributed by atoms with Crippen LogP contribution in [-0.4, -0.2) is 46.9 Å². The third kappa shape index (κ3) is 5.27. The Hall–Kier alpha value is -2.13. The van der Waals surface area contributed by atoms with E-state index in [9.17, 15) is 0 Å². The van der Waals surface area contributed by atoms with E-state index in [0.717, 1.165) is 31.2 Å². The van der Waals surface area contributed by atoms with Gasteiger partial charge in [-0.1, -0.05) is 36.4 Å². The summed E-state index contributed by atoms with van der Waals surface area (Å²) in [6.45, 7) is 5.88. The number of rotatable bonds is 4. The van der Waals surface area contributed by atoms with Crippen LogP contribution in [0.3, 0.4) is 0 Å². The van der Waals surface area contributed by atoms with Crippen molar-refractivity contribution in [3.63, 3.8) is 0 Å². The van der Waals surface area contributed by atoms with Crippen LogP contribution in [0, 0.1) is 0 Å². The molecular weight excluding hydrogens is 477 g/mol. The Morgan fingerprint density at radius 2 is 2.07 bits per heavy atom. The highest BCUT2D eigenvalue weighted by atomic mass is 127. The molecule has 1 atom stereocenters. The van der Waals surface area contributed by atoms with Gasteiger partial charge in [0.05, 0.1) is 25.9 Å². The van der Waals surface area contributed by atoms with Gasteiger partial charge in [0.25, 0.3) is 0 Å². The maximum Gasteiger partial charge on any atom is 0.194 e. The van der Waals surface area contributed by atoms with Gasteiger partial charge >= 0.3 is 0 Å². The highest BCUT2D eigenvalue weighted by Gasteiger charge is 2.25. The van der Waals surface area contributed by atoms with E-state index in [4.69, 9.17) is 9.73 Å². The smallest absolute Gasteiger partial charge is 0.194 e. The van der Waals surface area contributed by atoms with Gasteiger partial charge in [-0.05, 0) is 29.3 Å². The fraction of sp³-hybridized carbons (Fsp3) is 0.364. The first-order valence-electron chi connectivity index (χ1n) is 9.84. The van der Waals surface area contributed by atoms with Gasteiger partial charge < -0.3 is 15.0 Å². The normalized spacial score (nSPS) is 17.2. The highest BCUT2D eigenvalue weighted by molar-refractivity contribution is 14.0. The molecule has 0 radical (unpaired) electrons. The Morgan fingerprint density at radius 1 is 1.24 bits per heavy atom. The number of morpholine rings is 1. The number of hydrogen-bond acceptors (Lipinski definition) is 3. The van der Waals surface area contributed by atoms with E-state index in [1.807, 2.05) is 24.1 Å². The van der Waals surface area contributed by atoms with Gasteiger partial charge in [-0.2, -0.15) is 5.10 Å². The largest absolute Gasteiger partial charge is 0.370 e. The highest BCUT2D eigenvalue weighted by Crippen LogP contribution is 2.22. The van der Waals surface area contributed by atoms with Crippen LogP contribution in [0.2, 0.25) is 0 Å². The molecule has 0 bridgehead atoms. The Kier molecular flexibility index (Phi) is 7.49. The molecule has 0 spiro atoms. The fourth-order valence-corrected chi connectivity index (χ4v) is 3.58. The van der Waals surface area contributed by atoms with E-state index < -0.39 is 0 Å². The average Bonchev–Trinajstić information content (AvgIpc) is 3.17. The first-order valence-corrected chi connectivity index (χ1v) is 9.84. The van der Waals surface area contributed by atoms with Crippen molar-refractivity contribution < 1.29 is 4.74 Å². The molecule has 0 aliphatic carbocycles. The second kappa shape index (κ2) is 10.1. The van der Waals surface area contributed by atoms with Gasteiger partial charge in [-0.3, -0.25) is 4.68 Å². The summed E-state index contributed by atoms with van der Waals surface area (Å²) in [4.78, 5) is 7.19. The van der Waals surface area contributed by atoms with Crippen molar-refractivity contribution in [2.45, 2.75) is 19.6 Å². The van der Waals surface area contributed by atoms with E-state index >= 15 is 0 Å². The van der Waals surface area contributed by atoms with Gasteiger partial charge in [0.15, 0.2) is 5.96 Å². The Morgan fingerprint density at radius 3 is 2.83 bits per heavy atom. The van der Waals surface area contributed by atoms with Crippen LogP contribution in [0.5, 0.6) is 0 Å². The van der Waals surface area contributed by atoms with E-state index in [-0.39, 0.29) is 30.1 Å². The SMILES string of the molecule is CCNC(=NCc1ccc2ccccc2c1)N1CCOC(c2cnn(C)c2)C1.I. The second-order valence-electron chi connectivity index (χ2n) is 7.10. The molecule has 2 heterocycles. The molecule has 1 aromatic heterocycles. The summed E-state index contributed by atoms with van der Waals surface area (Å²) in [5, 5.41) is 10.2. The van der Waals surface area contributed by atoms with Crippen molar-refractivity contribution in [1.82, 2.24) is 20.0 Å². The van der Waals surface area contributed by atoms with Crippen LogP contribution < -0.4 is 5.32 Å². The van der Waals surface area contributed by atoms with E-state index in [1.54, 1.807) is 0 Å². The quantitative estimate of drug-likeness (QED) is 0.334. The molecule has 6 nitrogen and oxygen atoms in total. The molecule has 2 aromatic carbocycles. The van der Waals surface area contributed by atoms with Gasteiger partial charge in [0, 0.05) is 31.9 Å². The summed E-state index contributed by atoms with van der Waals surface area (Å²) < 4.78 is 7.79. The van der Waals surface area contributed by atoms with Crippen LogP contribution in [0.1, 0.15) is 24.2 Å². The van der Waals surface area contributed by atoms with Crippen molar-refractivity contribution in [1.29, 1.82) is 0 Å². The third-order valence-corrected chi connectivity index (χ3v) is 5.02. The van der Waals surface area contributed by atoms with E-state index in [2.05, 4.69) is 64.7 Å². The van der Waals surface area contributed by atoms with Crippen molar-refractivity contribution in [2.24, 2.45) is 12.0 Å². The molecule has 1 aliphatic heterocycles. The van der Waals surface area contributed by atoms with E-state index in [0.29, 0.717) is 13.2 Å². The second-order valence-corrected chi connectivity index (χ2v) is 7.10. The summed E-state index contributed by atoms with van der Waals surface area (Å²) in [5.41, 5.74) is 2.32. The number of aliphatic imine (C=N–C) groups is 1. The molecule has 0 saturated carbocycles. The molecular formula is C22H28IN5O. The number of benzene rings is 2. The molecule has 1 unspecified atom stereocenters. The minimum absolute atomic E-state index is 0. The molecule has 29 heavy (non-hydrogen) atoms. The number of nitrogens with one attached hydrogen (secondary N) is 1. The zero-order valence-electron chi connectivity index (χ0n) is 16.9. The Bertz CT molecular complexity index is 971. The summed E-state index contributed by atoms with van der Waals surface area (Å²) in [5.74, 6) is 0.938. The standard InChI is InChI=1S/C22H27N5O.HI/c1-3-23-22(24-13-17-8-9-18-6-4-5-7-19(18)12-17)27-10-11-28-21(16-27)20-14-25-26(2)15-20;/h4-9,12,14-15,21H,3,10-11,13,16H2,1-2H3,(H,23,24);1H. The van der Waals surface area contributed by atoms with Crippen LogP contribution in [0.25, 0.3) is 10.8 Å². The summed E-state index contributed by atoms with van der Waals surface area (Å²) >= 11 is 0. The number of fused-ring (bicyclic) bond motifs is 1. The van der Waals surface area contributed by atoms with Gasteiger partial charge in [-0.15, -0.1) is 24.0 Å². The maximum absolute atomic E-state index is 5.97. The number of aryl methyl sites for hydroxylation is 1. The first-order chi connectivity index (χ1) is 13.7. The van der Waals surface area contributed by atoms with Gasteiger partial charge in [-0.25, -0.2) is 4.99 Å². The summed E-state index contributed by atoms with van der Waals surface area (Å²) in [6, 6.07) is 15.0. The molecule has 1 N–H and O–H groups in total. The zero-order valence-corrected chi connectivity index (χ0v) is 19.2. The van der Waals surface area contributed by atoms with Crippen LogP contribution in [-0.2, 0) is 18.3 Å². The minimum Gasteiger partial charge on any atom is -0.370 e. The van der Waals surface area contributed by atoms with Gasteiger partial charge in [0.1, 0.15) is 6.10 Å². The monoisotopic (exact) mass is 505 g/mol. The summed E-state index contributed by atoms with van der Waals surface area (Å²) in [7, 11) is 1.93. The number of ether oxygens (including phenoxy) is 1. The molecule has 1 fully saturated rings. The van der Waals surface area contributed by atoms with Crippen molar-refractivity contribution in [3.05, 3.63) is 66.0 Å². The molecule has 7 heteroatoms. The van der Waals surface area contributed by atoms with Crippen LogP contribution in [0.15, 0.2) is 59.9 Å². The maximum atomic E-state index is 5.97. The molecule has 0 amide bonds. The number of hydrogen-bond donors (Lipinski definition) is 1. The molecule has 3 aromatic rings. The van der Waals surface area contributed by atoms with Crippen molar-refractivity contribution >= 4 is 40.7 Å². The van der Waals surface area contributed by atoms with Crippen molar-refractivity contribution in [3.8, 4) is 0 Å². The third-order valence-electron chi connectivity index (χ3n) is 5.02. The van der Waals surface area contributed by atoms with Gasteiger partial charge in [0.2, 0.25) is 0 Å². The lowest BCUT2D eigenvalue weighted by atomic mass is 10.1. The molecule has 1 saturated heterocycles. The zero-order chi connectivity index (χ0) is 19.3. The lowest BCUT2D eigenvalue weighted by Crippen LogP contribution is -2.48. The van der Waals surface area contributed by atoms with E-state index in [1.165, 1.54) is 16.3 Å². The average molecular weight is 505 g/mol. The lowest BCUT2D eigenvalue weighted by Gasteiger charge is -2.34. The molecule has 1 aliphatic rings. The Balaban J connectivity index is 0.00000240. The summed E-state index contributed by atoms with van der Waals surface area (Å²) in [6.07, 6.45) is 3.92. The number of halogens is 1. The van der Waals surface area contributed by atoms with Crippen molar-refractivity contribution in [2.75, 3.05) is 26.2 Å².